The molecule has 2 heterocycles. The number of carbonyl (C=O) groups is 1. The number of carbonyl (C=O) groups excluding carboxylic acids is 1. The molecule has 1 aromatic carbocycles. The molecule has 2 aliphatic heterocycles. The molecule has 0 aliphatic carbocycles. The molecule has 0 bridgehead atoms. The van der Waals surface area contributed by atoms with E-state index in [4.69, 9.17) is 23.8 Å². The van der Waals surface area contributed by atoms with Crippen LogP contribution < -0.4 is 10.2 Å². The normalized spacial score (nSPS) is 18.7. The molecule has 1 aromatic rings. The van der Waals surface area contributed by atoms with E-state index in [1.54, 1.807) is 0 Å². The van der Waals surface area contributed by atoms with Crippen LogP contribution in [0.5, 0.6) is 0 Å². The molecule has 0 unspecified atom stereocenters. The second-order valence-electron chi connectivity index (χ2n) is 8.08. The van der Waals surface area contributed by atoms with Crippen LogP contribution in [0.2, 0.25) is 5.02 Å². The number of hydrogen-bond donors (Lipinski definition) is 2. The van der Waals surface area contributed by atoms with E-state index in [0.29, 0.717) is 22.6 Å². The molecule has 2 saturated heterocycles. The molecular formula is C21H32ClN4OS+. The lowest BCUT2D eigenvalue weighted by atomic mass is 10.1. The summed E-state index contributed by atoms with van der Waals surface area (Å²) >= 11 is 12.0. The van der Waals surface area contributed by atoms with Crippen molar-refractivity contribution in [3.63, 3.8) is 0 Å². The van der Waals surface area contributed by atoms with Gasteiger partial charge in [0.05, 0.1) is 36.9 Å². The van der Waals surface area contributed by atoms with Crippen LogP contribution in [0.1, 0.15) is 36.8 Å². The quantitative estimate of drug-likeness (QED) is 0.731. The molecule has 0 aromatic heterocycles. The lowest BCUT2D eigenvalue weighted by Gasteiger charge is -2.34. The second-order valence-corrected chi connectivity index (χ2v) is 8.87. The van der Waals surface area contributed by atoms with E-state index in [1.807, 2.05) is 19.9 Å². The Labute approximate surface area is 179 Å². The zero-order valence-corrected chi connectivity index (χ0v) is 18.6. The van der Waals surface area contributed by atoms with E-state index in [0.717, 1.165) is 68.9 Å². The van der Waals surface area contributed by atoms with Gasteiger partial charge >= 0.3 is 0 Å². The molecule has 28 heavy (non-hydrogen) atoms. The number of amides is 1. The number of aryl methyl sites for hydroxylation is 2. The van der Waals surface area contributed by atoms with Crippen LogP contribution >= 0.6 is 23.8 Å². The van der Waals surface area contributed by atoms with E-state index in [9.17, 15) is 4.79 Å². The SMILES string of the molecule is Cc1cc(C)c(NC(=S)N2CC[NH+](CC(=O)N3CCCCCC3)CC2)c(Cl)c1. The van der Waals surface area contributed by atoms with Crippen LogP contribution in [0.3, 0.4) is 0 Å². The highest BCUT2D eigenvalue weighted by Gasteiger charge is 2.26. The standard InChI is InChI=1S/C21H31ClN4OS/c1-16-13-17(2)20(18(22)14-16)23-21(28)26-11-9-24(10-12-26)15-19(27)25-7-5-3-4-6-8-25/h13-14H,3-12,15H2,1-2H3,(H,23,28)/p+1. The average Bonchev–Trinajstić information content (AvgIpc) is 2.94. The molecule has 0 saturated carbocycles. The summed E-state index contributed by atoms with van der Waals surface area (Å²) in [6.45, 7) is 10.1. The van der Waals surface area contributed by atoms with E-state index in [2.05, 4.69) is 21.2 Å². The van der Waals surface area contributed by atoms with E-state index in [-0.39, 0.29) is 0 Å². The Kier molecular flexibility index (Phi) is 7.55. The Morgan fingerprint density at radius 1 is 1.07 bits per heavy atom. The summed E-state index contributed by atoms with van der Waals surface area (Å²) in [6, 6.07) is 4.06. The molecule has 0 atom stereocenters. The summed E-state index contributed by atoms with van der Waals surface area (Å²) in [4.78, 5) is 18.2. The first-order valence-corrected chi connectivity index (χ1v) is 11.2. The highest BCUT2D eigenvalue weighted by atomic mass is 35.5. The van der Waals surface area contributed by atoms with E-state index >= 15 is 0 Å². The number of thiocarbonyl (C=S) groups is 1. The molecule has 5 nitrogen and oxygen atoms in total. The summed E-state index contributed by atoms with van der Waals surface area (Å²) in [7, 11) is 0. The minimum absolute atomic E-state index is 0.313. The van der Waals surface area contributed by atoms with Crippen molar-refractivity contribution in [3.8, 4) is 0 Å². The van der Waals surface area contributed by atoms with Crippen LogP contribution in [-0.4, -0.2) is 66.6 Å². The van der Waals surface area contributed by atoms with Crippen molar-refractivity contribution >= 4 is 40.5 Å². The van der Waals surface area contributed by atoms with Crippen LogP contribution in [0.4, 0.5) is 5.69 Å². The Morgan fingerprint density at radius 2 is 1.71 bits per heavy atom. The third kappa shape index (κ3) is 5.58. The van der Waals surface area contributed by atoms with Crippen LogP contribution in [0.25, 0.3) is 0 Å². The van der Waals surface area contributed by atoms with Gasteiger partial charge in [-0.25, -0.2) is 0 Å². The summed E-state index contributed by atoms with van der Waals surface area (Å²) in [6.07, 6.45) is 4.81. The minimum Gasteiger partial charge on any atom is -0.338 e. The zero-order chi connectivity index (χ0) is 20.1. The minimum atomic E-state index is 0.313. The van der Waals surface area contributed by atoms with Crippen molar-refractivity contribution in [2.45, 2.75) is 39.5 Å². The fourth-order valence-electron chi connectivity index (χ4n) is 4.11. The third-order valence-electron chi connectivity index (χ3n) is 5.78. The molecule has 3 rings (SSSR count). The Hall–Kier alpha value is -1.37. The van der Waals surface area contributed by atoms with Gasteiger partial charge < -0.3 is 20.0 Å². The molecule has 1 amide bonds. The number of likely N-dealkylation sites (tertiary alicyclic amines) is 1. The van der Waals surface area contributed by atoms with Gasteiger partial charge in [-0.15, -0.1) is 0 Å². The number of nitrogens with one attached hydrogen (secondary N) is 2. The molecule has 0 radical (unpaired) electrons. The van der Waals surface area contributed by atoms with Crippen LogP contribution in [0, 0.1) is 13.8 Å². The highest BCUT2D eigenvalue weighted by molar-refractivity contribution is 7.80. The fraction of sp³-hybridized carbons (Fsp3) is 0.619. The Balaban J connectivity index is 1.48. The van der Waals surface area contributed by atoms with Crippen molar-refractivity contribution in [2.75, 3.05) is 51.1 Å². The second kappa shape index (κ2) is 9.90. The third-order valence-corrected chi connectivity index (χ3v) is 6.44. The number of benzene rings is 1. The van der Waals surface area contributed by atoms with Gasteiger partial charge in [0.2, 0.25) is 0 Å². The van der Waals surface area contributed by atoms with E-state index < -0.39 is 0 Å². The predicted octanol–water partition coefficient (Wildman–Crippen LogP) is 2.26. The van der Waals surface area contributed by atoms with Crippen molar-refractivity contribution < 1.29 is 9.69 Å². The summed E-state index contributed by atoms with van der Waals surface area (Å²) in [5, 5.41) is 4.75. The number of halogens is 1. The van der Waals surface area contributed by atoms with Crippen molar-refractivity contribution in [3.05, 3.63) is 28.3 Å². The van der Waals surface area contributed by atoms with Crippen LogP contribution in [0.15, 0.2) is 12.1 Å². The smallest absolute Gasteiger partial charge is 0.277 e. The van der Waals surface area contributed by atoms with Gasteiger partial charge in [-0.05, 0) is 56.1 Å². The summed E-state index contributed by atoms with van der Waals surface area (Å²) < 4.78 is 0. The maximum absolute atomic E-state index is 12.6. The Bertz CT molecular complexity index is 687. The Morgan fingerprint density at radius 3 is 2.32 bits per heavy atom. The van der Waals surface area contributed by atoms with Gasteiger partial charge in [-0.1, -0.05) is 30.5 Å². The lowest BCUT2D eigenvalue weighted by molar-refractivity contribution is -0.896. The summed E-state index contributed by atoms with van der Waals surface area (Å²) in [5.41, 5.74) is 3.13. The van der Waals surface area contributed by atoms with Gasteiger partial charge in [0.1, 0.15) is 0 Å². The molecule has 2 fully saturated rings. The van der Waals surface area contributed by atoms with Gasteiger partial charge in [-0.3, -0.25) is 4.79 Å². The molecule has 7 heteroatoms. The monoisotopic (exact) mass is 423 g/mol. The van der Waals surface area contributed by atoms with E-state index in [1.165, 1.54) is 17.7 Å². The predicted molar refractivity (Wildman–Crippen MR) is 119 cm³/mol. The van der Waals surface area contributed by atoms with Crippen molar-refractivity contribution in [2.24, 2.45) is 0 Å². The first-order chi connectivity index (χ1) is 13.4. The molecular weight excluding hydrogens is 392 g/mol. The van der Waals surface area contributed by atoms with Gasteiger partial charge in [0, 0.05) is 13.1 Å². The largest absolute Gasteiger partial charge is 0.338 e. The average molecular weight is 424 g/mol. The maximum atomic E-state index is 12.6. The molecule has 2 N–H and O–H groups in total. The van der Waals surface area contributed by atoms with Gasteiger partial charge in [0.25, 0.3) is 5.91 Å². The molecule has 2 aliphatic rings. The van der Waals surface area contributed by atoms with Crippen molar-refractivity contribution in [1.82, 2.24) is 9.80 Å². The maximum Gasteiger partial charge on any atom is 0.277 e. The lowest BCUT2D eigenvalue weighted by Crippen LogP contribution is -3.15. The number of nitrogens with zero attached hydrogens (tertiary/aromatic N) is 2. The number of rotatable bonds is 3. The topological polar surface area (TPSA) is 40.0 Å². The van der Waals surface area contributed by atoms with Gasteiger partial charge in [0.15, 0.2) is 11.7 Å². The zero-order valence-electron chi connectivity index (χ0n) is 17.0. The highest BCUT2D eigenvalue weighted by Crippen LogP contribution is 2.27. The number of piperazine rings is 1. The number of anilines is 1. The summed E-state index contributed by atoms with van der Waals surface area (Å²) in [5.74, 6) is 0.313. The van der Waals surface area contributed by atoms with Crippen LogP contribution in [-0.2, 0) is 4.79 Å². The molecule has 0 spiro atoms. The molecule has 154 valence electrons. The number of hydrogen-bond acceptors (Lipinski definition) is 2. The first-order valence-electron chi connectivity index (χ1n) is 10.4. The number of quaternary nitrogens is 1. The van der Waals surface area contributed by atoms with Gasteiger partial charge in [-0.2, -0.15) is 0 Å². The van der Waals surface area contributed by atoms with Crippen molar-refractivity contribution in [1.29, 1.82) is 0 Å². The fourth-order valence-corrected chi connectivity index (χ4v) is 4.76. The first kappa shape index (κ1) is 21.3.